The van der Waals surface area contributed by atoms with Crippen LogP contribution in [0.4, 0.5) is 0 Å². The second-order valence-electron chi connectivity index (χ2n) is 6.17. The highest BCUT2D eigenvalue weighted by atomic mass is 32.2. The normalized spacial score (nSPS) is 19.1. The second kappa shape index (κ2) is 6.76. The smallest absolute Gasteiger partial charge is 0.224 e. The van der Waals surface area contributed by atoms with Crippen molar-refractivity contribution in [2.75, 3.05) is 18.1 Å². The molecule has 7 nitrogen and oxygen atoms in total. The van der Waals surface area contributed by atoms with Gasteiger partial charge in [-0.05, 0) is 18.8 Å². The first-order chi connectivity index (χ1) is 10.3. The predicted molar refractivity (Wildman–Crippen MR) is 80.8 cm³/mol. The van der Waals surface area contributed by atoms with E-state index < -0.39 is 9.84 Å². The summed E-state index contributed by atoms with van der Waals surface area (Å²) in [6.45, 7) is 6.03. The molecule has 1 saturated heterocycles. The molecule has 0 radical (unpaired) electrons. The maximum Gasteiger partial charge on any atom is 0.224 e. The van der Waals surface area contributed by atoms with Crippen LogP contribution in [0.15, 0.2) is 4.52 Å². The van der Waals surface area contributed by atoms with Gasteiger partial charge in [0, 0.05) is 19.9 Å². The molecule has 0 spiro atoms. The number of sulfone groups is 1. The molecule has 1 aliphatic heterocycles. The average molecular weight is 329 g/mol. The predicted octanol–water partition coefficient (Wildman–Crippen LogP) is 1.50. The van der Waals surface area contributed by atoms with Gasteiger partial charge < -0.3 is 9.42 Å². The molecule has 0 saturated carbocycles. The minimum Gasteiger partial charge on any atom is -0.340 e. The van der Waals surface area contributed by atoms with Gasteiger partial charge in [0.25, 0.3) is 0 Å². The molecule has 124 valence electrons. The molecule has 1 aromatic heterocycles. The summed E-state index contributed by atoms with van der Waals surface area (Å²) < 4.78 is 28.8. The van der Waals surface area contributed by atoms with Crippen molar-refractivity contribution in [2.45, 2.75) is 46.1 Å². The van der Waals surface area contributed by atoms with E-state index in [9.17, 15) is 13.2 Å². The molecule has 1 amide bonds. The molecule has 0 aromatic carbocycles. The average Bonchev–Trinajstić information content (AvgIpc) is 3.02. The van der Waals surface area contributed by atoms with Gasteiger partial charge in [-0.3, -0.25) is 4.79 Å². The Balaban J connectivity index is 1.97. The van der Waals surface area contributed by atoms with Gasteiger partial charge in [-0.15, -0.1) is 0 Å². The minimum absolute atomic E-state index is 0.0163. The van der Waals surface area contributed by atoms with E-state index in [-0.39, 0.29) is 35.8 Å². The third-order valence-electron chi connectivity index (χ3n) is 3.63. The van der Waals surface area contributed by atoms with E-state index in [0.29, 0.717) is 18.3 Å². The first kappa shape index (κ1) is 16.9. The Kier molecular flexibility index (Phi) is 5.20. The summed E-state index contributed by atoms with van der Waals surface area (Å²) in [6.07, 6.45) is 1.66. The largest absolute Gasteiger partial charge is 0.340 e. The summed E-state index contributed by atoms with van der Waals surface area (Å²) in [5.41, 5.74) is 0. The summed E-state index contributed by atoms with van der Waals surface area (Å²) in [4.78, 5) is 18.2. The first-order valence-corrected chi connectivity index (χ1v) is 9.41. The van der Waals surface area contributed by atoms with Gasteiger partial charge in [-0.25, -0.2) is 8.42 Å². The molecule has 1 aliphatic rings. The molecule has 2 heterocycles. The van der Waals surface area contributed by atoms with Crippen LogP contribution in [0.5, 0.6) is 0 Å². The van der Waals surface area contributed by atoms with Crippen LogP contribution < -0.4 is 0 Å². The summed E-state index contributed by atoms with van der Waals surface area (Å²) in [5, 5.41) is 3.88. The molecular weight excluding hydrogens is 306 g/mol. The van der Waals surface area contributed by atoms with Crippen molar-refractivity contribution in [1.29, 1.82) is 0 Å². The van der Waals surface area contributed by atoms with E-state index in [1.165, 1.54) is 0 Å². The monoisotopic (exact) mass is 329 g/mol. The number of aromatic nitrogens is 2. The van der Waals surface area contributed by atoms with Crippen LogP contribution in [0.25, 0.3) is 0 Å². The lowest BCUT2D eigenvalue weighted by Gasteiger charge is -2.22. The highest BCUT2D eigenvalue weighted by Gasteiger charge is 2.33. The molecule has 0 N–H and O–H groups in total. The molecule has 1 atom stereocenters. The maximum absolute atomic E-state index is 12.3. The van der Waals surface area contributed by atoms with Crippen molar-refractivity contribution < 1.29 is 17.7 Å². The van der Waals surface area contributed by atoms with Gasteiger partial charge in [-0.2, -0.15) is 4.98 Å². The molecule has 22 heavy (non-hydrogen) atoms. The Morgan fingerprint density at radius 2 is 2.18 bits per heavy atom. The zero-order valence-corrected chi connectivity index (χ0v) is 14.1. The second-order valence-corrected chi connectivity index (χ2v) is 8.40. The number of carbonyl (C=O) groups excluding carboxylic acids is 1. The van der Waals surface area contributed by atoms with Gasteiger partial charge in [-0.1, -0.05) is 19.0 Å². The third kappa shape index (κ3) is 4.28. The van der Waals surface area contributed by atoms with E-state index in [1.54, 1.807) is 11.8 Å². The van der Waals surface area contributed by atoms with Crippen molar-refractivity contribution in [1.82, 2.24) is 15.0 Å². The van der Waals surface area contributed by atoms with Gasteiger partial charge in [0.2, 0.25) is 11.8 Å². The molecule has 8 heteroatoms. The molecule has 0 unspecified atom stereocenters. The Hall–Kier alpha value is -1.44. The Labute approximate surface area is 131 Å². The number of aryl methyl sites for hydroxylation is 1. The van der Waals surface area contributed by atoms with E-state index in [4.69, 9.17) is 4.52 Å². The molecular formula is C14H23N3O4S. The van der Waals surface area contributed by atoms with Crippen molar-refractivity contribution in [3.63, 3.8) is 0 Å². The molecule has 0 bridgehead atoms. The van der Waals surface area contributed by atoms with Crippen LogP contribution in [-0.4, -0.2) is 47.4 Å². The Bertz CT molecular complexity index is 624. The van der Waals surface area contributed by atoms with Crippen molar-refractivity contribution in [2.24, 2.45) is 5.92 Å². The highest BCUT2D eigenvalue weighted by molar-refractivity contribution is 7.91. The van der Waals surface area contributed by atoms with Gasteiger partial charge in [0.05, 0.1) is 17.5 Å². The highest BCUT2D eigenvalue weighted by Crippen LogP contribution is 2.30. The van der Waals surface area contributed by atoms with Gasteiger partial charge >= 0.3 is 0 Å². The topological polar surface area (TPSA) is 93.4 Å². The van der Waals surface area contributed by atoms with Crippen LogP contribution in [0.2, 0.25) is 0 Å². The fourth-order valence-corrected chi connectivity index (χ4v) is 4.43. The quantitative estimate of drug-likeness (QED) is 0.785. The fourth-order valence-electron chi connectivity index (χ4n) is 2.76. The van der Waals surface area contributed by atoms with Crippen molar-refractivity contribution >= 4 is 15.7 Å². The number of hydrogen-bond acceptors (Lipinski definition) is 6. The number of nitrogens with zero attached hydrogens (tertiary/aromatic N) is 3. The van der Waals surface area contributed by atoms with E-state index in [1.807, 2.05) is 13.8 Å². The fraction of sp³-hybridized carbons (Fsp3) is 0.786. The third-order valence-corrected chi connectivity index (χ3v) is 5.63. The zero-order valence-electron chi connectivity index (χ0n) is 13.3. The van der Waals surface area contributed by atoms with E-state index >= 15 is 0 Å². The van der Waals surface area contributed by atoms with Gasteiger partial charge in [0.15, 0.2) is 15.7 Å². The summed E-state index contributed by atoms with van der Waals surface area (Å²) in [6, 6.07) is -0.197. The lowest BCUT2D eigenvalue weighted by molar-refractivity contribution is -0.131. The van der Waals surface area contributed by atoms with Crippen molar-refractivity contribution in [3.8, 4) is 0 Å². The van der Waals surface area contributed by atoms with Crippen LogP contribution in [0, 0.1) is 12.8 Å². The van der Waals surface area contributed by atoms with Crippen LogP contribution >= 0.6 is 0 Å². The van der Waals surface area contributed by atoms with Crippen LogP contribution in [-0.2, 0) is 14.6 Å². The SMILES string of the molecule is Cc1nc([C@@H]2CCCN2C(=O)CCS(=O)(=O)CC(C)C)no1. The minimum atomic E-state index is -3.18. The number of amides is 1. The first-order valence-electron chi connectivity index (χ1n) is 7.58. The summed E-state index contributed by atoms with van der Waals surface area (Å²) in [7, 11) is -3.18. The standard InChI is InChI=1S/C14H23N3O4S/c1-10(2)9-22(19,20)8-6-13(18)17-7-4-5-12(17)14-15-11(3)21-16-14/h10,12H,4-9H2,1-3H3/t12-/m0/s1. The number of rotatable bonds is 6. The van der Waals surface area contributed by atoms with Crippen LogP contribution in [0.3, 0.4) is 0 Å². The van der Waals surface area contributed by atoms with Crippen LogP contribution in [0.1, 0.15) is 50.9 Å². The Morgan fingerprint density at radius 1 is 1.45 bits per heavy atom. The Morgan fingerprint density at radius 3 is 2.77 bits per heavy atom. The number of likely N-dealkylation sites (tertiary alicyclic amines) is 1. The molecule has 1 fully saturated rings. The van der Waals surface area contributed by atoms with Crippen molar-refractivity contribution in [3.05, 3.63) is 11.7 Å². The van der Waals surface area contributed by atoms with E-state index in [2.05, 4.69) is 10.1 Å². The van der Waals surface area contributed by atoms with Gasteiger partial charge in [0.1, 0.15) is 0 Å². The lowest BCUT2D eigenvalue weighted by Crippen LogP contribution is -2.32. The lowest BCUT2D eigenvalue weighted by atomic mass is 10.2. The molecule has 0 aliphatic carbocycles. The zero-order chi connectivity index (χ0) is 16.3. The number of hydrogen-bond donors (Lipinski definition) is 0. The molecule has 1 aromatic rings. The van der Waals surface area contributed by atoms with E-state index in [0.717, 1.165) is 12.8 Å². The number of carbonyl (C=O) groups is 1. The maximum atomic E-state index is 12.3. The summed E-state index contributed by atoms with van der Waals surface area (Å²) >= 11 is 0. The molecule has 2 rings (SSSR count). The summed E-state index contributed by atoms with van der Waals surface area (Å²) in [5.74, 6) is 0.910.